The molecule has 34 heavy (non-hydrogen) atoms. The molecular formula is C24H27ClN6OS2. The number of nitrogens with one attached hydrogen (secondary N) is 1. The number of carbonyl (C=O) groups excluding carboxylic acids is 1. The van der Waals surface area contributed by atoms with Crippen LogP contribution in [0.15, 0.2) is 23.8 Å². The van der Waals surface area contributed by atoms with Gasteiger partial charge in [0.05, 0.1) is 17.9 Å². The third kappa shape index (κ3) is 4.87. The fourth-order valence-corrected chi connectivity index (χ4v) is 6.27. The Bertz CT molecular complexity index is 1330. The van der Waals surface area contributed by atoms with Gasteiger partial charge in [-0.1, -0.05) is 36.8 Å². The van der Waals surface area contributed by atoms with E-state index in [9.17, 15) is 4.79 Å². The van der Waals surface area contributed by atoms with E-state index in [0.29, 0.717) is 15.3 Å². The van der Waals surface area contributed by atoms with Crippen LogP contribution in [0.5, 0.6) is 0 Å². The number of aromatic nitrogens is 5. The van der Waals surface area contributed by atoms with Crippen molar-refractivity contribution < 1.29 is 4.79 Å². The average molecular weight is 515 g/mol. The Kier molecular flexibility index (Phi) is 6.68. The zero-order valence-electron chi connectivity index (χ0n) is 19.4. The Labute approximate surface area is 211 Å². The van der Waals surface area contributed by atoms with E-state index in [1.807, 2.05) is 18.5 Å². The standard InChI is InChI=1S/C24H27ClN6OS2/c1-13(2)7-21-30-18-10-26-17(23-28-14(3)12-33-23)9-19(18)31(21)16-6-4-5-15(8-16)29-22(32)24-27-11-20(25)34-24/h9-13,15-16H,4-8H2,1-3H3,(H,29,32)/t15-,16+/m0/s1. The van der Waals surface area contributed by atoms with Gasteiger partial charge in [-0.3, -0.25) is 9.78 Å². The molecule has 2 atom stereocenters. The molecule has 0 spiro atoms. The normalized spacial score (nSPS) is 18.6. The largest absolute Gasteiger partial charge is 0.347 e. The second kappa shape index (κ2) is 9.71. The van der Waals surface area contributed by atoms with Gasteiger partial charge in [0.15, 0.2) is 5.01 Å². The van der Waals surface area contributed by atoms with Crippen molar-refractivity contribution in [1.29, 1.82) is 0 Å². The maximum absolute atomic E-state index is 12.7. The van der Waals surface area contributed by atoms with E-state index in [-0.39, 0.29) is 18.0 Å². The summed E-state index contributed by atoms with van der Waals surface area (Å²) in [6.07, 6.45) is 8.20. The molecule has 1 N–H and O–H groups in total. The quantitative estimate of drug-likeness (QED) is 0.336. The number of nitrogens with zero attached hydrogens (tertiary/aromatic N) is 5. The second-order valence-corrected chi connectivity index (χ2v) is 11.8. The van der Waals surface area contributed by atoms with Gasteiger partial charge in [0.1, 0.15) is 26.4 Å². The Balaban J connectivity index is 1.46. The van der Waals surface area contributed by atoms with Gasteiger partial charge in [0.25, 0.3) is 5.91 Å². The fourth-order valence-electron chi connectivity index (χ4n) is 4.69. The molecule has 1 saturated carbocycles. The zero-order chi connectivity index (χ0) is 23.8. The van der Waals surface area contributed by atoms with Gasteiger partial charge in [-0.2, -0.15) is 0 Å². The molecule has 4 aromatic rings. The molecule has 0 bridgehead atoms. The minimum atomic E-state index is -0.147. The van der Waals surface area contributed by atoms with Crippen LogP contribution >= 0.6 is 34.3 Å². The summed E-state index contributed by atoms with van der Waals surface area (Å²) in [6, 6.07) is 2.47. The number of rotatable bonds is 6. The van der Waals surface area contributed by atoms with Crippen molar-refractivity contribution in [3.8, 4) is 10.7 Å². The molecule has 0 aliphatic heterocycles. The first kappa shape index (κ1) is 23.4. The van der Waals surface area contributed by atoms with Crippen LogP contribution in [0.2, 0.25) is 4.34 Å². The molecule has 4 aromatic heterocycles. The van der Waals surface area contributed by atoms with E-state index in [2.05, 4.69) is 44.7 Å². The number of hydrogen-bond acceptors (Lipinski definition) is 7. The summed E-state index contributed by atoms with van der Waals surface area (Å²) in [5.74, 6) is 1.42. The van der Waals surface area contributed by atoms with Gasteiger partial charge in [0, 0.05) is 29.6 Å². The second-order valence-electron chi connectivity index (χ2n) is 9.31. The number of hydrogen-bond donors (Lipinski definition) is 1. The smallest absolute Gasteiger partial charge is 0.280 e. The monoisotopic (exact) mass is 514 g/mol. The number of halogens is 1. The first-order chi connectivity index (χ1) is 16.4. The molecule has 10 heteroatoms. The Morgan fingerprint density at radius 1 is 1.26 bits per heavy atom. The van der Waals surface area contributed by atoms with Crippen molar-refractivity contribution in [2.45, 2.75) is 65.0 Å². The predicted molar refractivity (Wildman–Crippen MR) is 138 cm³/mol. The van der Waals surface area contributed by atoms with Crippen molar-refractivity contribution >= 4 is 51.2 Å². The number of carbonyl (C=O) groups is 1. The van der Waals surface area contributed by atoms with Gasteiger partial charge in [0.2, 0.25) is 0 Å². The van der Waals surface area contributed by atoms with Crippen LogP contribution < -0.4 is 5.32 Å². The van der Waals surface area contributed by atoms with Crippen molar-refractivity contribution in [3.05, 3.63) is 44.7 Å². The van der Waals surface area contributed by atoms with E-state index >= 15 is 0 Å². The fraction of sp³-hybridized carbons (Fsp3) is 0.458. The number of pyridine rings is 1. The van der Waals surface area contributed by atoms with Crippen molar-refractivity contribution in [2.75, 3.05) is 0 Å². The van der Waals surface area contributed by atoms with E-state index in [0.717, 1.165) is 65.4 Å². The Morgan fingerprint density at radius 2 is 2.12 bits per heavy atom. The zero-order valence-corrected chi connectivity index (χ0v) is 21.8. The molecule has 0 saturated heterocycles. The summed E-state index contributed by atoms with van der Waals surface area (Å²) < 4.78 is 2.93. The average Bonchev–Trinajstić information content (AvgIpc) is 3.51. The minimum Gasteiger partial charge on any atom is -0.347 e. The van der Waals surface area contributed by atoms with Crippen LogP contribution in [0, 0.1) is 12.8 Å². The number of amides is 1. The molecule has 1 aliphatic rings. The summed E-state index contributed by atoms with van der Waals surface area (Å²) in [5.41, 5.74) is 3.89. The van der Waals surface area contributed by atoms with Gasteiger partial charge < -0.3 is 9.88 Å². The molecule has 0 aromatic carbocycles. The van der Waals surface area contributed by atoms with Crippen molar-refractivity contribution in [3.63, 3.8) is 0 Å². The van der Waals surface area contributed by atoms with Crippen molar-refractivity contribution in [1.82, 2.24) is 29.8 Å². The highest BCUT2D eigenvalue weighted by Gasteiger charge is 2.29. The first-order valence-corrected chi connectivity index (χ1v) is 13.7. The topological polar surface area (TPSA) is 85.6 Å². The first-order valence-electron chi connectivity index (χ1n) is 11.6. The summed E-state index contributed by atoms with van der Waals surface area (Å²) >= 11 is 8.79. The van der Waals surface area contributed by atoms with Crippen LogP contribution in [-0.4, -0.2) is 36.5 Å². The number of fused-ring (bicyclic) bond motifs is 1. The molecular weight excluding hydrogens is 488 g/mol. The number of aryl methyl sites for hydroxylation is 1. The molecule has 1 aliphatic carbocycles. The Hall–Kier alpha value is -2.36. The molecule has 178 valence electrons. The third-order valence-electron chi connectivity index (χ3n) is 6.10. The van der Waals surface area contributed by atoms with E-state index in [4.69, 9.17) is 16.6 Å². The van der Waals surface area contributed by atoms with Crippen LogP contribution in [0.4, 0.5) is 0 Å². The highest BCUT2D eigenvalue weighted by Crippen LogP contribution is 2.35. The van der Waals surface area contributed by atoms with Gasteiger partial charge in [-0.15, -0.1) is 11.3 Å². The summed E-state index contributed by atoms with van der Waals surface area (Å²) in [4.78, 5) is 31.1. The van der Waals surface area contributed by atoms with Crippen LogP contribution in [-0.2, 0) is 6.42 Å². The molecule has 0 radical (unpaired) electrons. The lowest BCUT2D eigenvalue weighted by Gasteiger charge is -2.32. The summed E-state index contributed by atoms with van der Waals surface area (Å²) in [5, 5.41) is 6.57. The SMILES string of the molecule is Cc1csc(-c2cc3c(cn2)nc(CC(C)C)n3[C@@H]2CCC[C@H](NC(=O)c3ncc(Cl)s3)C2)n1. The lowest BCUT2D eigenvalue weighted by molar-refractivity contribution is 0.0920. The van der Waals surface area contributed by atoms with E-state index in [1.54, 1.807) is 11.3 Å². The molecule has 0 unspecified atom stereocenters. The predicted octanol–water partition coefficient (Wildman–Crippen LogP) is 6.09. The highest BCUT2D eigenvalue weighted by molar-refractivity contribution is 7.17. The minimum absolute atomic E-state index is 0.0844. The Morgan fingerprint density at radius 3 is 2.82 bits per heavy atom. The molecule has 1 fully saturated rings. The summed E-state index contributed by atoms with van der Waals surface area (Å²) in [6.45, 7) is 6.43. The summed E-state index contributed by atoms with van der Waals surface area (Å²) in [7, 11) is 0. The maximum atomic E-state index is 12.7. The van der Waals surface area contributed by atoms with E-state index < -0.39 is 0 Å². The number of imidazole rings is 1. The van der Waals surface area contributed by atoms with Crippen LogP contribution in [0.1, 0.15) is 66.9 Å². The lowest BCUT2D eigenvalue weighted by Crippen LogP contribution is -2.39. The lowest BCUT2D eigenvalue weighted by atomic mass is 9.90. The van der Waals surface area contributed by atoms with Gasteiger partial charge in [-0.25, -0.2) is 15.0 Å². The van der Waals surface area contributed by atoms with Crippen LogP contribution in [0.25, 0.3) is 21.7 Å². The van der Waals surface area contributed by atoms with Gasteiger partial charge >= 0.3 is 0 Å². The van der Waals surface area contributed by atoms with Gasteiger partial charge in [-0.05, 0) is 44.6 Å². The highest BCUT2D eigenvalue weighted by atomic mass is 35.5. The van der Waals surface area contributed by atoms with Crippen LogP contribution in [0.3, 0.4) is 0 Å². The maximum Gasteiger partial charge on any atom is 0.280 e. The molecule has 5 rings (SSSR count). The molecule has 4 heterocycles. The van der Waals surface area contributed by atoms with E-state index in [1.165, 1.54) is 17.5 Å². The van der Waals surface area contributed by atoms with Crippen molar-refractivity contribution in [2.24, 2.45) is 5.92 Å². The number of thiazole rings is 2. The molecule has 1 amide bonds. The third-order valence-corrected chi connectivity index (χ3v) is 8.19. The molecule has 7 nitrogen and oxygen atoms in total.